The molecule has 0 atom stereocenters. The number of halogens is 3. The highest BCUT2D eigenvalue weighted by Crippen LogP contribution is 2.37. The molecule has 5 rings (SSSR count). The fourth-order valence-corrected chi connectivity index (χ4v) is 4.95. The van der Waals surface area contributed by atoms with Crippen molar-refractivity contribution in [2.45, 2.75) is 45.9 Å². The number of benzene rings is 3. The second-order valence-electron chi connectivity index (χ2n) is 10.4. The average molecular weight is 567 g/mol. The Balaban J connectivity index is 1.50. The van der Waals surface area contributed by atoms with Crippen LogP contribution in [-0.2, 0) is 12.1 Å². The summed E-state index contributed by atoms with van der Waals surface area (Å²) in [5, 5.41) is 21.2. The molecule has 0 aliphatic rings. The summed E-state index contributed by atoms with van der Waals surface area (Å²) in [5.41, 5.74) is 0.535. The molecule has 0 spiro atoms. The monoisotopic (exact) mass is 566 g/mol. The van der Waals surface area contributed by atoms with Gasteiger partial charge >= 0.3 is 0 Å². The van der Waals surface area contributed by atoms with Crippen molar-refractivity contribution in [2.24, 2.45) is 0 Å². The van der Waals surface area contributed by atoms with Crippen LogP contribution in [-0.4, -0.2) is 31.5 Å². The average Bonchev–Trinajstić information content (AvgIpc) is 3.49. The lowest BCUT2D eigenvalue weighted by Crippen LogP contribution is -2.31. The van der Waals surface area contributed by atoms with Crippen molar-refractivity contribution in [2.75, 3.05) is 7.11 Å². The molecule has 40 heavy (non-hydrogen) atoms. The first kappa shape index (κ1) is 27.5. The summed E-state index contributed by atoms with van der Waals surface area (Å²) in [6.07, 6.45) is 1.88. The Kier molecular flexibility index (Phi) is 7.18. The molecule has 0 radical (unpaired) electrons. The van der Waals surface area contributed by atoms with Crippen molar-refractivity contribution in [3.05, 3.63) is 88.8 Å². The molecule has 2 aromatic heterocycles. The maximum Gasteiger partial charge on any atom is 0.199 e. The Morgan fingerprint density at radius 3 is 2.30 bits per heavy atom. The second kappa shape index (κ2) is 10.5. The van der Waals surface area contributed by atoms with Crippen molar-refractivity contribution in [3.63, 3.8) is 0 Å². The zero-order chi connectivity index (χ0) is 28.8. The molecule has 10 heteroatoms. The van der Waals surface area contributed by atoms with Crippen molar-refractivity contribution in [3.8, 4) is 28.8 Å². The van der Waals surface area contributed by atoms with E-state index in [0.717, 1.165) is 34.4 Å². The van der Waals surface area contributed by atoms with Gasteiger partial charge in [0.2, 0.25) is 0 Å². The third-order valence-electron chi connectivity index (χ3n) is 6.70. The maximum atomic E-state index is 14.5. The first-order valence-electron chi connectivity index (χ1n) is 12.7. The SMILES string of the molecule is COc1ccc(Cn2cc3cc(-c4nnc(C(C)(C)Oc5c(F)cc(Cl)cc5F)n4C(C)C)ccc3c2O)cc1. The molecule has 208 valence electrons. The van der Waals surface area contributed by atoms with Crippen LogP contribution in [0, 0.1) is 11.6 Å². The van der Waals surface area contributed by atoms with E-state index in [1.165, 1.54) is 0 Å². The zero-order valence-corrected chi connectivity index (χ0v) is 23.5. The molecule has 0 aliphatic carbocycles. The van der Waals surface area contributed by atoms with Gasteiger partial charge in [-0.05, 0) is 69.7 Å². The molecule has 0 aliphatic heterocycles. The molecular weight excluding hydrogens is 538 g/mol. The Morgan fingerprint density at radius 1 is 1.00 bits per heavy atom. The Labute approximate surface area is 235 Å². The van der Waals surface area contributed by atoms with E-state index in [-0.39, 0.29) is 16.9 Å². The summed E-state index contributed by atoms with van der Waals surface area (Å²) >= 11 is 5.77. The van der Waals surface area contributed by atoms with Crippen molar-refractivity contribution in [1.82, 2.24) is 19.3 Å². The number of hydrogen-bond acceptors (Lipinski definition) is 5. The van der Waals surface area contributed by atoms with Crippen LogP contribution in [0.15, 0.2) is 60.8 Å². The molecular formula is C30H29ClF2N4O3. The summed E-state index contributed by atoms with van der Waals surface area (Å²) in [7, 11) is 1.62. The van der Waals surface area contributed by atoms with Gasteiger partial charge in [-0.1, -0.05) is 29.8 Å². The van der Waals surface area contributed by atoms with Crippen molar-refractivity contribution in [1.29, 1.82) is 0 Å². The number of nitrogens with zero attached hydrogens (tertiary/aromatic N) is 4. The van der Waals surface area contributed by atoms with Crippen LogP contribution in [0.4, 0.5) is 8.78 Å². The molecule has 0 saturated heterocycles. The number of aromatic hydroxyl groups is 1. The molecule has 2 heterocycles. The van der Waals surface area contributed by atoms with Crippen LogP contribution in [0.1, 0.15) is 45.1 Å². The predicted octanol–water partition coefficient (Wildman–Crippen LogP) is 7.49. The number of methoxy groups -OCH3 is 1. The first-order valence-corrected chi connectivity index (χ1v) is 13.1. The fourth-order valence-electron chi connectivity index (χ4n) is 4.76. The third-order valence-corrected chi connectivity index (χ3v) is 6.92. The smallest absolute Gasteiger partial charge is 0.199 e. The lowest BCUT2D eigenvalue weighted by molar-refractivity contribution is 0.0814. The molecule has 3 aromatic carbocycles. The Bertz CT molecular complexity index is 1670. The van der Waals surface area contributed by atoms with Crippen LogP contribution in [0.3, 0.4) is 0 Å². The minimum absolute atomic E-state index is 0.0629. The lowest BCUT2D eigenvalue weighted by Gasteiger charge is -2.28. The number of fused-ring (bicyclic) bond motifs is 1. The highest BCUT2D eigenvalue weighted by atomic mass is 35.5. The van der Waals surface area contributed by atoms with E-state index in [4.69, 9.17) is 21.1 Å². The van der Waals surface area contributed by atoms with E-state index in [2.05, 4.69) is 10.2 Å². The van der Waals surface area contributed by atoms with Gasteiger partial charge in [0.15, 0.2) is 40.5 Å². The Morgan fingerprint density at radius 2 is 1.68 bits per heavy atom. The van der Waals surface area contributed by atoms with Crippen LogP contribution in [0.5, 0.6) is 17.4 Å². The molecule has 0 saturated carbocycles. The van der Waals surface area contributed by atoms with Gasteiger partial charge in [-0.25, -0.2) is 8.78 Å². The maximum absolute atomic E-state index is 14.5. The lowest BCUT2D eigenvalue weighted by atomic mass is 10.1. The van der Waals surface area contributed by atoms with E-state index in [1.54, 1.807) is 25.5 Å². The highest BCUT2D eigenvalue weighted by Gasteiger charge is 2.34. The van der Waals surface area contributed by atoms with E-state index < -0.39 is 23.0 Å². The summed E-state index contributed by atoms with van der Waals surface area (Å²) in [6.45, 7) is 7.76. The second-order valence-corrected chi connectivity index (χ2v) is 10.8. The van der Waals surface area contributed by atoms with Crippen LogP contribution >= 0.6 is 11.6 Å². The summed E-state index contributed by atoms with van der Waals surface area (Å²) < 4.78 is 43.8. The van der Waals surface area contributed by atoms with E-state index >= 15 is 0 Å². The summed E-state index contributed by atoms with van der Waals surface area (Å²) in [5.74, 6) is -0.471. The van der Waals surface area contributed by atoms with Crippen LogP contribution in [0.25, 0.3) is 22.2 Å². The fraction of sp³-hybridized carbons (Fsp3) is 0.267. The van der Waals surface area contributed by atoms with Gasteiger partial charge in [0.1, 0.15) is 5.75 Å². The molecule has 7 nitrogen and oxygen atoms in total. The predicted molar refractivity (Wildman–Crippen MR) is 150 cm³/mol. The standard InChI is InChI=1S/C30H29ClF2N4O3/c1-17(2)37-27(34-35-29(37)30(3,4)40-26-24(32)13-21(31)14-25(26)33)19-8-11-23-20(12-19)16-36(28(23)38)15-18-6-9-22(39-5)10-7-18/h6-14,16-17,38H,15H2,1-5H3. The minimum atomic E-state index is -1.24. The van der Waals surface area contributed by atoms with E-state index in [9.17, 15) is 13.9 Å². The van der Waals surface area contributed by atoms with Gasteiger partial charge < -0.3 is 23.7 Å². The summed E-state index contributed by atoms with van der Waals surface area (Å²) in [6, 6.07) is 15.2. The van der Waals surface area contributed by atoms with Gasteiger partial charge in [0.25, 0.3) is 0 Å². The van der Waals surface area contributed by atoms with E-state index in [1.807, 2.05) is 67.1 Å². The van der Waals surface area contributed by atoms with Crippen molar-refractivity contribution < 1.29 is 23.4 Å². The number of ether oxygens (including phenoxy) is 2. The number of hydrogen-bond donors (Lipinski definition) is 1. The zero-order valence-electron chi connectivity index (χ0n) is 22.7. The van der Waals surface area contributed by atoms with Gasteiger partial charge in [-0.15, -0.1) is 10.2 Å². The van der Waals surface area contributed by atoms with Gasteiger partial charge in [0, 0.05) is 33.6 Å². The van der Waals surface area contributed by atoms with Crippen LogP contribution in [0.2, 0.25) is 5.02 Å². The molecule has 0 amide bonds. The number of rotatable bonds is 8. The topological polar surface area (TPSA) is 74.3 Å². The quantitative estimate of drug-likeness (QED) is 0.211. The van der Waals surface area contributed by atoms with E-state index in [0.29, 0.717) is 23.6 Å². The minimum Gasteiger partial charge on any atom is -0.497 e. The summed E-state index contributed by atoms with van der Waals surface area (Å²) in [4.78, 5) is 0. The number of aromatic nitrogens is 4. The van der Waals surface area contributed by atoms with Gasteiger partial charge in [-0.2, -0.15) is 0 Å². The van der Waals surface area contributed by atoms with Crippen molar-refractivity contribution >= 4 is 22.4 Å². The molecule has 0 unspecified atom stereocenters. The molecule has 0 bridgehead atoms. The van der Waals surface area contributed by atoms with Gasteiger partial charge in [-0.3, -0.25) is 0 Å². The molecule has 5 aromatic rings. The normalized spacial score (nSPS) is 11.9. The van der Waals surface area contributed by atoms with Gasteiger partial charge in [0.05, 0.1) is 13.7 Å². The largest absolute Gasteiger partial charge is 0.497 e. The van der Waals surface area contributed by atoms with Crippen LogP contribution < -0.4 is 9.47 Å². The third kappa shape index (κ3) is 5.09. The Hall–Kier alpha value is -4.11. The highest BCUT2D eigenvalue weighted by molar-refractivity contribution is 6.30. The molecule has 0 fully saturated rings. The molecule has 1 N–H and O–H groups in total. The first-order chi connectivity index (χ1) is 19.0.